The van der Waals surface area contributed by atoms with Gasteiger partial charge in [0.25, 0.3) is 0 Å². The third kappa shape index (κ3) is 3.12. The van der Waals surface area contributed by atoms with Gasteiger partial charge in [-0.25, -0.2) is 0 Å². The van der Waals surface area contributed by atoms with Gasteiger partial charge in [0.1, 0.15) is 0 Å². The van der Waals surface area contributed by atoms with E-state index in [0.717, 1.165) is 17.5 Å². The number of rotatable bonds is 3. The summed E-state index contributed by atoms with van der Waals surface area (Å²) in [5, 5.41) is 0. The van der Waals surface area contributed by atoms with E-state index < -0.39 is 10.3 Å². The number of hydrogen-bond donors (Lipinski definition) is 2. The van der Waals surface area contributed by atoms with Crippen molar-refractivity contribution in [2.24, 2.45) is 0 Å². The van der Waals surface area contributed by atoms with Gasteiger partial charge in [-0.3, -0.25) is 9.54 Å². The normalized spacial score (nSPS) is 21.8. The molecule has 1 heterocycles. The summed E-state index contributed by atoms with van der Waals surface area (Å²) in [4.78, 5) is 4.03. The van der Waals surface area contributed by atoms with Crippen LogP contribution in [-0.2, 0) is 10.3 Å². The Morgan fingerprint density at radius 1 is 1.05 bits per heavy atom. The first kappa shape index (κ1) is 14.2. The number of nitrogens with one attached hydrogen (secondary N) is 1. The molecule has 1 aromatic carbocycles. The fraction of sp³-hybridized carbons (Fsp3) is 0.267. The van der Waals surface area contributed by atoms with Gasteiger partial charge in [-0.15, -0.1) is 0 Å². The molecule has 1 aliphatic carbocycles. The second-order valence-electron chi connectivity index (χ2n) is 5.18. The van der Waals surface area contributed by atoms with Crippen LogP contribution in [0.1, 0.15) is 41.5 Å². The molecular formula is C15H16N2O3S. The number of fused-ring (bicyclic) bond motifs is 1. The first-order valence-electron chi connectivity index (χ1n) is 6.78. The summed E-state index contributed by atoms with van der Waals surface area (Å²) in [6.07, 6.45) is 4.99. The molecule has 6 heteroatoms. The Kier molecular flexibility index (Phi) is 3.75. The van der Waals surface area contributed by atoms with E-state index in [1.54, 1.807) is 12.4 Å². The zero-order chi connectivity index (χ0) is 14.9. The molecule has 2 unspecified atom stereocenters. The molecule has 3 rings (SSSR count). The monoisotopic (exact) mass is 304 g/mol. The lowest BCUT2D eigenvalue weighted by atomic mass is 9.77. The van der Waals surface area contributed by atoms with Crippen molar-refractivity contribution < 1.29 is 13.0 Å². The van der Waals surface area contributed by atoms with Gasteiger partial charge < -0.3 is 0 Å². The van der Waals surface area contributed by atoms with Crippen LogP contribution in [0.3, 0.4) is 0 Å². The molecule has 110 valence electrons. The summed E-state index contributed by atoms with van der Waals surface area (Å²) in [5.41, 5.74) is 3.18. The maximum absolute atomic E-state index is 11.1. The van der Waals surface area contributed by atoms with E-state index >= 15 is 0 Å². The lowest BCUT2D eigenvalue weighted by Gasteiger charge is -2.31. The van der Waals surface area contributed by atoms with Crippen LogP contribution in [0.2, 0.25) is 0 Å². The smallest absolute Gasteiger partial charge is 0.273 e. The molecule has 0 aliphatic heterocycles. The van der Waals surface area contributed by atoms with Crippen molar-refractivity contribution in [1.29, 1.82) is 0 Å². The van der Waals surface area contributed by atoms with E-state index in [-0.39, 0.29) is 12.0 Å². The van der Waals surface area contributed by atoms with Gasteiger partial charge in [-0.2, -0.15) is 13.1 Å². The van der Waals surface area contributed by atoms with E-state index in [2.05, 4.69) is 9.71 Å². The molecular weight excluding hydrogens is 288 g/mol. The Morgan fingerprint density at radius 3 is 2.38 bits per heavy atom. The Balaban J connectivity index is 2.00. The number of hydrogen-bond acceptors (Lipinski definition) is 3. The summed E-state index contributed by atoms with van der Waals surface area (Å²) in [5.74, 6) is 0.226. The number of benzene rings is 1. The fourth-order valence-electron chi connectivity index (χ4n) is 3.03. The molecule has 5 nitrogen and oxygen atoms in total. The first-order valence-corrected chi connectivity index (χ1v) is 8.22. The lowest BCUT2D eigenvalue weighted by Crippen LogP contribution is -2.31. The highest BCUT2D eigenvalue weighted by Gasteiger charge is 2.29. The summed E-state index contributed by atoms with van der Waals surface area (Å²) < 4.78 is 33.5. The molecule has 0 radical (unpaired) electrons. The highest BCUT2D eigenvalue weighted by atomic mass is 32.2. The molecule has 2 atom stereocenters. The van der Waals surface area contributed by atoms with Gasteiger partial charge in [-0.05, 0) is 41.7 Å². The van der Waals surface area contributed by atoms with Crippen molar-refractivity contribution in [2.75, 3.05) is 0 Å². The molecule has 0 saturated heterocycles. The standard InChI is InChI=1S/C15H16N2O3S/c18-21(19,20)17-15-6-5-12(11-7-9-16-10-8-11)13-3-1-2-4-14(13)15/h1-4,7-10,12,15,17H,5-6H2,(H,18,19,20). The van der Waals surface area contributed by atoms with Crippen LogP contribution < -0.4 is 4.72 Å². The zero-order valence-corrected chi connectivity index (χ0v) is 12.1. The quantitative estimate of drug-likeness (QED) is 0.854. The molecule has 21 heavy (non-hydrogen) atoms. The minimum Gasteiger partial charge on any atom is -0.273 e. The van der Waals surface area contributed by atoms with Crippen molar-refractivity contribution in [3.8, 4) is 0 Å². The molecule has 0 fully saturated rings. The van der Waals surface area contributed by atoms with E-state index in [1.807, 2.05) is 36.4 Å². The van der Waals surface area contributed by atoms with Crippen LogP contribution in [0.25, 0.3) is 0 Å². The van der Waals surface area contributed by atoms with Gasteiger partial charge in [-0.1, -0.05) is 24.3 Å². The zero-order valence-electron chi connectivity index (χ0n) is 11.3. The molecule has 0 amide bonds. The topological polar surface area (TPSA) is 79.3 Å². The predicted molar refractivity (Wildman–Crippen MR) is 79.2 cm³/mol. The molecule has 2 N–H and O–H groups in total. The minimum atomic E-state index is -4.21. The summed E-state index contributed by atoms with van der Waals surface area (Å²) >= 11 is 0. The van der Waals surface area contributed by atoms with Gasteiger partial charge in [0, 0.05) is 24.4 Å². The Hall–Kier alpha value is -1.76. The second-order valence-corrected chi connectivity index (χ2v) is 6.37. The van der Waals surface area contributed by atoms with Crippen LogP contribution in [0.4, 0.5) is 0 Å². The summed E-state index contributed by atoms with van der Waals surface area (Å²) in [6.45, 7) is 0. The van der Waals surface area contributed by atoms with Crippen molar-refractivity contribution >= 4 is 10.3 Å². The first-order chi connectivity index (χ1) is 10.0. The molecule has 0 bridgehead atoms. The van der Waals surface area contributed by atoms with E-state index in [9.17, 15) is 8.42 Å². The van der Waals surface area contributed by atoms with Crippen LogP contribution in [0.5, 0.6) is 0 Å². The van der Waals surface area contributed by atoms with Gasteiger partial charge >= 0.3 is 10.3 Å². The molecule has 0 spiro atoms. The minimum absolute atomic E-state index is 0.226. The predicted octanol–water partition coefficient (Wildman–Crippen LogP) is 2.44. The van der Waals surface area contributed by atoms with Crippen molar-refractivity contribution in [3.63, 3.8) is 0 Å². The molecule has 0 saturated carbocycles. The third-order valence-corrected chi connectivity index (χ3v) is 4.47. The van der Waals surface area contributed by atoms with Crippen molar-refractivity contribution in [3.05, 3.63) is 65.5 Å². The average molecular weight is 304 g/mol. The van der Waals surface area contributed by atoms with Gasteiger partial charge in [0.15, 0.2) is 0 Å². The highest BCUT2D eigenvalue weighted by Crippen LogP contribution is 2.41. The SMILES string of the molecule is O=S(=O)(O)NC1CCC(c2ccncc2)c2ccccc21. The average Bonchev–Trinajstić information content (AvgIpc) is 2.47. The van der Waals surface area contributed by atoms with Crippen LogP contribution >= 0.6 is 0 Å². The number of pyridine rings is 1. The summed E-state index contributed by atoms with van der Waals surface area (Å²) in [7, 11) is -4.21. The number of aromatic nitrogens is 1. The van der Waals surface area contributed by atoms with Crippen molar-refractivity contribution in [1.82, 2.24) is 9.71 Å². The van der Waals surface area contributed by atoms with Gasteiger partial charge in [0.05, 0.1) is 0 Å². The Bertz CT molecular complexity index is 732. The maximum Gasteiger partial charge on any atom is 0.333 e. The highest BCUT2D eigenvalue weighted by molar-refractivity contribution is 7.83. The maximum atomic E-state index is 11.1. The third-order valence-electron chi connectivity index (χ3n) is 3.89. The van der Waals surface area contributed by atoms with E-state index in [1.165, 1.54) is 5.56 Å². The van der Waals surface area contributed by atoms with E-state index in [0.29, 0.717) is 6.42 Å². The lowest BCUT2D eigenvalue weighted by molar-refractivity contribution is 0.430. The van der Waals surface area contributed by atoms with Crippen LogP contribution in [0.15, 0.2) is 48.8 Å². The Morgan fingerprint density at radius 2 is 1.71 bits per heavy atom. The fourth-order valence-corrected chi connectivity index (χ4v) is 3.64. The number of nitrogens with zero attached hydrogens (tertiary/aromatic N) is 1. The van der Waals surface area contributed by atoms with E-state index in [4.69, 9.17) is 4.55 Å². The molecule has 1 aliphatic rings. The molecule has 2 aromatic rings. The Labute approximate surface area is 123 Å². The van der Waals surface area contributed by atoms with Crippen LogP contribution in [0, 0.1) is 0 Å². The van der Waals surface area contributed by atoms with Crippen molar-refractivity contribution in [2.45, 2.75) is 24.8 Å². The summed E-state index contributed by atoms with van der Waals surface area (Å²) in [6, 6.07) is 11.3. The second kappa shape index (κ2) is 5.55. The largest absolute Gasteiger partial charge is 0.333 e. The van der Waals surface area contributed by atoms with Gasteiger partial charge in [0.2, 0.25) is 0 Å². The molecule has 1 aromatic heterocycles. The van der Waals surface area contributed by atoms with Crippen LogP contribution in [-0.4, -0.2) is 18.0 Å².